The first kappa shape index (κ1) is 15.1. The Hall–Kier alpha value is -2.32. The van der Waals surface area contributed by atoms with Gasteiger partial charge in [-0.1, -0.05) is 0 Å². The lowest BCUT2D eigenvalue weighted by Gasteiger charge is -2.06. The number of aliphatic hydroxyl groups is 1. The van der Waals surface area contributed by atoms with E-state index in [1.54, 1.807) is 12.1 Å². The predicted molar refractivity (Wildman–Crippen MR) is 79.2 cm³/mol. The van der Waals surface area contributed by atoms with Gasteiger partial charge in [-0.25, -0.2) is 9.97 Å². The molecule has 0 aliphatic carbocycles. The van der Waals surface area contributed by atoms with E-state index < -0.39 is 5.91 Å². The monoisotopic (exact) mass is 306 g/mol. The topological polar surface area (TPSA) is 118 Å². The number of aromatic nitrogens is 2. The minimum atomic E-state index is -0.501. The molecule has 0 spiro atoms. The zero-order valence-electron chi connectivity index (χ0n) is 11.3. The van der Waals surface area contributed by atoms with Crippen molar-refractivity contribution in [2.24, 2.45) is 0 Å². The highest BCUT2D eigenvalue weighted by Gasteiger charge is 2.15. The van der Waals surface area contributed by atoms with Gasteiger partial charge in [0.15, 0.2) is 17.3 Å². The van der Waals surface area contributed by atoms with Gasteiger partial charge in [0, 0.05) is 6.54 Å². The van der Waals surface area contributed by atoms with Crippen LogP contribution in [0.2, 0.25) is 0 Å². The molecule has 21 heavy (non-hydrogen) atoms. The molecule has 2 aromatic heterocycles. The number of carbonyl (C=O) groups is 2. The van der Waals surface area contributed by atoms with Gasteiger partial charge in [0.05, 0.1) is 28.3 Å². The quantitative estimate of drug-likeness (QED) is 0.700. The average Bonchev–Trinajstić information content (AvgIpc) is 2.95. The van der Waals surface area contributed by atoms with Crippen LogP contribution in [0.5, 0.6) is 0 Å². The summed E-state index contributed by atoms with van der Waals surface area (Å²) < 4.78 is 0. The molecule has 0 bridgehead atoms. The number of nitrogens with zero attached hydrogens (tertiary/aromatic N) is 2. The zero-order valence-corrected chi connectivity index (χ0v) is 12.1. The molecule has 0 aromatic carbocycles. The van der Waals surface area contributed by atoms with Crippen molar-refractivity contribution < 1.29 is 14.7 Å². The van der Waals surface area contributed by atoms with Crippen molar-refractivity contribution in [2.75, 3.05) is 18.9 Å². The molecule has 0 aliphatic heterocycles. The third-order valence-corrected chi connectivity index (χ3v) is 3.83. The summed E-state index contributed by atoms with van der Waals surface area (Å²) >= 11 is 1.27. The van der Waals surface area contributed by atoms with Crippen LogP contribution in [0.25, 0.3) is 10.6 Å². The lowest BCUT2D eigenvalue weighted by Crippen LogP contribution is -2.28. The van der Waals surface area contributed by atoms with Crippen LogP contribution in [0.1, 0.15) is 27.1 Å². The number of thiophene rings is 1. The lowest BCUT2D eigenvalue weighted by atomic mass is 10.3. The Morgan fingerprint density at radius 3 is 2.81 bits per heavy atom. The molecule has 0 radical (unpaired) electrons. The smallest absolute Gasteiger partial charge is 0.273 e. The number of nitrogens with two attached hydrogens (primary N) is 1. The van der Waals surface area contributed by atoms with E-state index in [4.69, 9.17) is 10.8 Å². The van der Waals surface area contributed by atoms with Gasteiger partial charge in [-0.3, -0.25) is 9.59 Å². The average molecular weight is 306 g/mol. The van der Waals surface area contributed by atoms with Crippen molar-refractivity contribution >= 4 is 28.8 Å². The molecule has 0 unspecified atom stereocenters. The van der Waals surface area contributed by atoms with Gasteiger partial charge in [0.2, 0.25) is 0 Å². The number of hydrogen-bond acceptors (Lipinski definition) is 7. The van der Waals surface area contributed by atoms with Crippen LogP contribution in [0.4, 0.5) is 5.82 Å². The minimum absolute atomic E-state index is 0.00118. The number of carbonyl (C=O) groups excluding carboxylic acids is 2. The third-order valence-electron chi connectivity index (χ3n) is 2.62. The largest absolute Gasteiger partial charge is 0.395 e. The SMILES string of the molecule is CC(=O)c1ccc(-c2cnc(N)c(C(=O)NCCO)n2)s1. The number of Topliss-reactive ketones (excluding diaryl/α,β-unsaturated/α-hetero) is 1. The number of nitrogen functional groups attached to an aromatic ring is 1. The number of aliphatic hydroxyl groups excluding tert-OH is 1. The molecule has 0 saturated heterocycles. The molecule has 4 N–H and O–H groups in total. The van der Waals surface area contributed by atoms with Crippen LogP contribution < -0.4 is 11.1 Å². The Bertz CT molecular complexity index is 684. The van der Waals surface area contributed by atoms with Crippen LogP contribution in [0.15, 0.2) is 18.3 Å². The van der Waals surface area contributed by atoms with E-state index >= 15 is 0 Å². The van der Waals surface area contributed by atoms with Crippen LogP contribution in [-0.2, 0) is 0 Å². The first-order chi connectivity index (χ1) is 10.0. The van der Waals surface area contributed by atoms with Crippen molar-refractivity contribution in [1.29, 1.82) is 0 Å². The highest BCUT2D eigenvalue weighted by atomic mass is 32.1. The minimum Gasteiger partial charge on any atom is -0.395 e. The maximum atomic E-state index is 11.9. The molecule has 0 atom stereocenters. The second-order valence-electron chi connectivity index (χ2n) is 4.19. The van der Waals surface area contributed by atoms with Gasteiger partial charge in [-0.15, -0.1) is 11.3 Å². The summed E-state index contributed by atoms with van der Waals surface area (Å²) in [5, 5.41) is 11.2. The fourth-order valence-corrected chi connectivity index (χ4v) is 2.46. The summed E-state index contributed by atoms with van der Waals surface area (Å²) in [6.07, 6.45) is 1.45. The summed E-state index contributed by atoms with van der Waals surface area (Å²) in [5.41, 5.74) is 6.11. The van der Waals surface area contributed by atoms with E-state index in [0.29, 0.717) is 10.6 Å². The molecule has 1 amide bonds. The van der Waals surface area contributed by atoms with Gasteiger partial charge >= 0.3 is 0 Å². The van der Waals surface area contributed by atoms with Crippen LogP contribution in [0.3, 0.4) is 0 Å². The predicted octanol–water partition coefficient (Wildman–Crippen LogP) is 0.712. The molecule has 2 heterocycles. The Labute approximate surface area is 124 Å². The van der Waals surface area contributed by atoms with Gasteiger partial charge in [0.25, 0.3) is 5.91 Å². The van der Waals surface area contributed by atoms with Crippen LogP contribution in [-0.4, -0.2) is 39.9 Å². The lowest BCUT2D eigenvalue weighted by molar-refractivity contribution is 0.0939. The highest BCUT2D eigenvalue weighted by molar-refractivity contribution is 7.17. The Balaban J connectivity index is 2.33. The van der Waals surface area contributed by atoms with Crippen molar-refractivity contribution in [2.45, 2.75) is 6.92 Å². The third kappa shape index (κ3) is 3.41. The molecule has 0 saturated carbocycles. The van der Waals surface area contributed by atoms with Crippen LogP contribution in [0, 0.1) is 0 Å². The fourth-order valence-electron chi connectivity index (χ4n) is 1.60. The molecular formula is C13H14N4O3S. The fraction of sp³-hybridized carbons (Fsp3) is 0.231. The molecule has 8 heteroatoms. The number of hydrogen-bond donors (Lipinski definition) is 3. The molecule has 0 aliphatic rings. The van der Waals surface area contributed by atoms with Gasteiger partial charge < -0.3 is 16.2 Å². The Morgan fingerprint density at radius 1 is 1.43 bits per heavy atom. The second-order valence-corrected chi connectivity index (χ2v) is 5.27. The van der Waals surface area contributed by atoms with Crippen molar-refractivity contribution in [3.63, 3.8) is 0 Å². The van der Waals surface area contributed by atoms with E-state index in [1.807, 2.05) is 0 Å². The van der Waals surface area contributed by atoms with E-state index in [9.17, 15) is 9.59 Å². The first-order valence-corrected chi connectivity index (χ1v) is 6.97. The number of amides is 1. The number of rotatable bonds is 5. The standard InChI is InChI=1S/C13H14N4O3S/c1-7(19)9-2-3-10(21-9)8-6-16-12(14)11(17-8)13(20)15-4-5-18/h2-3,6,18H,4-5H2,1H3,(H2,14,16)(H,15,20). The summed E-state index contributed by atoms with van der Waals surface area (Å²) in [6.45, 7) is 1.42. The number of anilines is 1. The highest BCUT2D eigenvalue weighted by Crippen LogP contribution is 2.27. The maximum absolute atomic E-state index is 11.9. The zero-order chi connectivity index (χ0) is 15.4. The normalized spacial score (nSPS) is 10.4. The summed E-state index contributed by atoms with van der Waals surface area (Å²) in [4.78, 5) is 32.6. The van der Waals surface area contributed by atoms with E-state index in [0.717, 1.165) is 4.88 Å². The molecule has 110 valence electrons. The first-order valence-electron chi connectivity index (χ1n) is 6.15. The summed E-state index contributed by atoms with van der Waals surface area (Å²) in [6, 6.07) is 3.45. The molecule has 2 aromatic rings. The maximum Gasteiger partial charge on any atom is 0.273 e. The van der Waals surface area contributed by atoms with E-state index in [-0.39, 0.29) is 30.4 Å². The Morgan fingerprint density at radius 2 is 2.19 bits per heavy atom. The number of nitrogens with one attached hydrogen (secondary N) is 1. The van der Waals surface area contributed by atoms with Gasteiger partial charge in [-0.05, 0) is 19.1 Å². The van der Waals surface area contributed by atoms with E-state index in [2.05, 4.69) is 15.3 Å². The molecular weight excluding hydrogens is 292 g/mol. The molecule has 7 nitrogen and oxygen atoms in total. The van der Waals surface area contributed by atoms with Crippen molar-refractivity contribution in [1.82, 2.24) is 15.3 Å². The summed E-state index contributed by atoms with van der Waals surface area (Å²) in [5.74, 6) is -0.521. The molecule has 0 fully saturated rings. The van der Waals surface area contributed by atoms with Crippen molar-refractivity contribution in [3.8, 4) is 10.6 Å². The van der Waals surface area contributed by atoms with Crippen molar-refractivity contribution in [3.05, 3.63) is 28.9 Å². The summed E-state index contributed by atoms with van der Waals surface area (Å²) in [7, 11) is 0. The Kier molecular flexibility index (Phi) is 4.61. The van der Waals surface area contributed by atoms with E-state index in [1.165, 1.54) is 24.5 Å². The second kappa shape index (κ2) is 6.42. The molecule has 2 rings (SSSR count). The van der Waals surface area contributed by atoms with Gasteiger partial charge in [-0.2, -0.15) is 0 Å². The number of ketones is 1. The van der Waals surface area contributed by atoms with Crippen LogP contribution >= 0.6 is 11.3 Å². The van der Waals surface area contributed by atoms with Gasteiger partial charge in [0.1, 0.15) is 0 Å².